The van der Waals surface area contributed by atoms with Crippen LogP contribution in [0.1, 0.15) is 64.0 Å². The molecular formula is C25H34F3N3O. The van der Waals surface area contributed by atoms with E-state index < -0.39 is 11.7 Å². The molecule has 1 atom stereocenters. The normalized spacial score (nSPS) is 15.2. The van der Waals surface area contributed by atoms with Gasteiger partial charge in [0.05, 0.1) is 18.2 Å². The van der Waals surface area contributed by atoms with Gasteiger partial charge in [0, 0.05) is 29.9 Å². The van der Waals surface area contributed by atoms with Crippen LogP contribution in [0.3, 0.4) is 0 Å². The molecule has 1 saturated carbocycles. The van der Waals surface area contributed by atoms with Gasteiger partial charge in [-0.3, -0.25) is 5.41 Å². The Bertz CT molecular complexity index is 856. The third kappa shape index (κ3) is 7.53. The quantitative estimate of drug-likeness (QED) is 0.153. The number of allylic oxidation sites excluding steroid dienone is 1. The van der Waals surface area contributed by atoms with Crippen LogP contribution in [0, 0.1) is 11.3 Å². The van der Waals surface area contributed by atoms with E-state index in [2.05, 4.69) is 18.2 Å². The van der Waals surface area contributed by atoms with Crippen LogP contribution in [0.15, 0.2) is 41.9 Å². The SMILES string of the molecule is C=C(C)CC(=NC=N)C(C)N(CC1CC1)C(=C)c1cc(OCCCC)cc(C(F)(F)F)c1. The third-order valence-electron chi connectivity index (χ3n) is 5.50. The molecule has 1 fully saturated rings. The molecule has 0 heterocycles. The second-order valence-corrected chi connectivity index (χ2v) is 8.55. The van der Waals surface area contributed by atoms with Crippen molar-refractivity contribution in [1.82, 2.24) is 4.90 Å². The number of alkyl halides is 3. The van der Waals surface area contributed by atoms with Crippen molar-refractivity contribution in [3.8, 4) is 5.75 Å². The van der Waals surface area contributed by atoms with Crippen molar-refractivity contribution < 1.29 is 17.9 Å². The predicted molar refractivity (Wildman–Crippen MR) is 125 cm³/mol. The maximum atomic E-state index is 13.6. The molecule has 0 bridgehead atoms. The molecule has 0 aromatic heterocycles. The second-order valence-electron chi connectivity index (χ2n) is 8.55. The molecule has 0 aliphatic heterocycles. The van der Waals surface area contributed by atoms with Crippen molar-refractivity contribution in [2.45, 2.75) is 65.1 Å². The Hall–Kier alpha value is -2.57. The number of halogens is 3. The zero-order valence-electron chi connectivity index (χ0n) is 19.3. The minimum Gasteiger partial charge on any atom is -0.494 e. The summed E-state index contributed by atoms with van der Waals surface area (Å²) in [6, 6.07) is 3.57. The van der Waals surface area contributed by atoms with Crippen LogP contribution < -0.4 is 4.74 Å². The van der Waals surface area contributed by atoms with Crippen molar-refractivity contribution in [3.05, 3.63) is 48.1 Å². The van der Waals surface area contributed by atoms with Gasteiger partial charge in [0.2, 0.25) is 0 Å². The molecule has 1 aromatic rings. The van der Waals surface area contributed by atoms with Gasteiger partial charge < -0.3 is 9.64 Å². The highest BCUT2D eigenvalue weighted by Crippen LogP contribution is 2.37. The summed E-state index contributed by atoms with van der Waals surface area (Å²) >= 11 is 0. The fraction of sp³-hybridized carbons (Fsp3) is 0.520. The van der Waals surface area contributed by atoms with E-state index in [0.29, 0.717) is 36.8 Å². The Morgan fingerprint density at radius 2 is 2.00 bits per heavy atom. The molecular weight excluding hydrogens is 415 g/mol. The molecule has 0 amide bonds. The summed E-state index contributed by atoms with van der Waals surface area (Å²) in [7, 11) is 0. The molecule has 176 valence electrons. The lowest BCUT2D eigenvalue weighted by Crippen LogP contribution is -2.39. The molecule has 1 aliphatic rings. The second kappa shape index (κ2) is 11.3. The fourth-order valence-corrected chi connectivity index (χ4v) is 3.47. The van der Waals surface area contributed by atoms with Gasteiger partial charge in [0.15, 0.2) is 0 Å². The first-order chi connectivity index (χ1) is 15.1. The molecule has 32 heavy (non-hydrogen) atoms. The van der Waals surface area contributed by atoms with Crippen molar-refractivity contribution in [2.75, 3.05) is 13.2 Å². The number of ether oxygens (including phenoxy) is 1. The van der Waals surface area contributed by atoms with Crippen molar-refractivity contribution in [3.63, 3.8) is 0 Å². The largest absolute Gasteiger partial charge is 0.494 e. The minimum absolute atomic E-state index is 0.193. The molecule has 1 aromatic carbocycles. The number of benzene rings is 1. The van der Waals surface area contributed by atoms with Crippen molar-refractivity contribution in [2.24, 2.45) is 10.9 Å². The maximum Gasteiger partial charge on any atom is 0.416 e. The summed E-state index contributed by atoms with van der Waals surface area (Å²) in [6.45, 7) is 15.0. The van der Waals surface area contributed by atoms with Gasteiger partial charge in [0.25, 0.3) is 0 Å². The van der Waals surface area contributed by atoms with Crippen LogP contribution in [0.4, 0.5) is 13.2 Å². The number of hydrogen-bond acceptors (Lipinski definition) is 3. The molecule has 7 heteroatoms. The van der Waals surface area contributed by atoms with E-state index in [4.69, 9.17) is 10.1 Å². The number of hydrogen-bond donors (Lipinski definition) is 1. The van der Waals surface area contributed by atoms with Crippen LogP contribution in [-0.2, 0) is 6.18 Å². The zero-order valence-corrected chi connectivity index (χ0v) is 19.3. The topological polar surface area (TPSA) is 48.7 Å². The van der Waals surface area contributed by atoms with E-state index in [1.165, 1.54) is 0 Å². The van der Waals surface area contributed by atoms with E-state index >= 15 is 0 Å². The molecule has 2 rings (SSSR count). The Kier molecular flexibility index (Phi) is 9.10. The van der Waals surface area contributed by atoms with Gasteiger partial charge in [0.1, 0.15) is 12.1 Å². The number of unbranched alkanes of at least 4 members (excludes halogenated alkanes) is 1. The van der Waals surface area contributed by atoms with Crippen LogP contribution in [0.5, 0.6) is 5.75 Å². The monoisotopic (exact) mass is 449 g/mol. The lowest BCUT2D eigenvalue weighted by molar-refractivity contribution is -0.137. The molecule has 1 N–H and O–H groups in total. The first-order valence-electron chi connectivity index (χ1n) is 11.1. The first kappa shape index (κ1) is 25.7. The van der Waals surface area contributed by atoms with Gasteiger partial charge in [-0.15, -0.1) is 0 Å². The predicted octanol–water partition coefficient (Wildman–Crippen LogP) is 6.97. The Labute approximate surface area is 189 Å². The Morgan fingerprint density at radius 1 is 1.31 bits per heavy atom. The summed E-state index contributed by atoms with van der Waals surface area (Å²) in [5.74, 6) is 0.671. The highest BCUT2D eigenvalue weighted by molar-refractivity contribution is 5.96. The minimum atomic E-state index is -4.49. The van der Waals surface area contributed by atoms with Crippen LogP contribution in [-0.4, -0.2) is 36.1 Å². The maximum absolute atomic E-state index is 13.6. The highest BCUT2D eigenvalue weighted by atomic mass is 19.4. The molecule has 1 aliphatic carbocycles. The van der Waals surface area contributed by atoms with Crippen molar-refractivity contribution >= 4 is 17.7 Å². The van der Waals surface area contributed by atoms with Crippen molar-refractivity contribution in [1.29, 1.82) is 5.41 Å². The van der Waals surface area contributed by atoms with Crippen LogP contribution >= 0.6 is 0 Å². The van der Waals surface area contributed by atoms with E-state index in [9.17, 15) is 13.2 Å². The van der Waals surface area contributed by atoms with Gasteiger partial charge in [-0.1, -0.05) is 32.1 Å². The lowest BCUT2D eigenvalue weighted by atomic mass is 10.0. The van der Waals surface area contributed by atoms with Crippen LogP contribution in [0.25, 0.3) is 5.70 Å². The molecule has 1 unspecified atom stereocenters. The van der Waals surface area contributed by atoms with E-state index in [0.717, 1.165) is 55.4 Å². The third-order valence-corrected chi connectivity index (χ3v) is 5.50. The number of nitrogens with one attached hydrogen (secondary N) is 1. The van der Waals surface area contributed by atoms with Gasteiger partial charge in [-0.2, -0.15) is 13.2 Å². The first-order valence-corrected chi connectivity index (χ1v) is 11.1. The summed E-state index contributed by atoms with van der Waals surface area (Å²) in [5, 5.41) is 7.42. The smallest absolute Gasteiger partial charge is 0.416 e. The Morgan fingerprint density at radius 3 is 2.53 bits per heavy atom. The average Bonchev–Trinajstić information content (AvgIpc) is 3.54. The summed E-state index contributed by atoms with van der Waals surface area (Å²) < 4.78 is 46.4. The van der Waals surface area contributed by atoms with E-state index in [-0.39, 0.29) is 11.8 Å². The highest BCUT2D eigenvalue weighted by Gasteiger charge is 2.33. The zero-order chi connectivity index (χ0) is 23.9. The number of nitrogens with zero attached hydrogens (tertiary/aromatic N) is 2. The summed E-state index contributed by atoms with van der Waals surface area (Å²) in [5.41, 5.74) is 1.76. The van der Waals surface area contributed by atoms with Gasteiger partial charge in [-0.05, 0) is 57.2 Å². The fourth-order valence-electron chi connectivity index (χ4n) is 3.47. The Balaban J connectivity index is 2.43. The van der Waals surface area contributed by atoms with E-state index in [1.807, 2.05) is 25.7 Å². The van der Waals surface area contributed by atoms with Gasteiger partial charge in [-0.25, -0.2) is 4.99 Å². The van der Waals surface area contributed by atoms with Gasteiger partial charge >= 0.3 is 6.18 Å². The van der Waals surface area contributed by atoms with Crippen LogP contribution in [0.2, 0.25) is 0 Å². The molecule has 4 nitrogen and oxygen atoms in total. The molecule has 0 radical (unpaired) electrons. The molecule has 0 saturated heterocycles. The molecule has 0 spiro atoms. The lowest BCUT2D eigenvalue weighted by Gasteiger charge is -2.34. The van der Waals surface area contributed by atoms with E-state index in [1.54, 1.807) is 6.07 Å². The summed E-state index contributed by atoms with van der Waals surface area (Å²) in [4.78, 5) is 6.23. The standard InChI is InChI=1S/C25H34F3N3O/c1-6-7-10-32-23-13-21(12-22(14-23)25(26,27)28)18(4)31(15-20-8-9-20)19(5)24(30-16-29)11-17(2)3/h12-14,16,19-20,29H,2,4,6-11,15H2,1,3,5H3. The summed E-state index contributed by atoms with van der Waals surface area (Å²) in [6.07, 6.45) is 0.851. The number of aliphatic imine (C=N–C) groups is 1. The number of rotatable bonds is 13. The average molecular weight is 450 g/mol.